The summed E-state index contributed by atoms with van der Waals surface area (Å²) in [5, 5.41) is 0. The van der Waals surface area contributed by atoms with E-state index >= 15 is 0 Å². The van der Waals surface area contributed by atoms with Crippen molar-refractivity contribution < 1.29 is 4.74 Å². The van der Waals surface area contributed by atoms with Gasteiger partial charge in [-0.3, -0.25) is 4.99 Å². The minimum Gasteiger partial charge on any atom is -0.496 e. The monoisotopic (exact) mass is 299 g/mol. The minimum absolute atomic E-state index is 0.209. The fourth-order valence-electron chi connectivity index (χ4n) is 1.37. The third kappa shape index (κ3) is 4.02. The summed E-state index contributed by atoms with van der Waals surface area (Å²) in [6.45, 7) is 6.03. The highest BCUT2D eigenvalue weighted by atomic mass is 79.9. The lowest BCUT2D eigenvalue weighted by atomic mass is 10.1. The van der Waals surface area contributed by atoms with Crippen LogP contribution in [0.3, 0.4) is 0 Å². The van der Waals surface area contributed by atoms with Gasteiger partial charge in [0.2, 0.25) is 0 Å². The Bertz CT molecular complexity index is 424. The summed E-state index contributed by atoms with van der Waals surface area (Å²) in [4.78, 5) is 4.52. The Morgan fingerprint density at radius 2 is 2.06 bits per heavy atom. The first-order valence-corrected chi connectivity index (χ1v) is 6.07. The molecule has 1 rings (SSSR count). The van der Waals surface area contributed by atoms with Gasteiger partial charge < -0.3 is 10.2 Å². The van der Waals surface area contributed by atoms with Crippen molar-refractivity contribution in [1.82, 2.24) is 5.43 Å². The van der Waals surface area contributed by atoms with E-state index in [-0.39, 0.29) is 5.54 Å². The molecule has 0 heterocycles. The van der Waals surface area contributed by atoms with Crippen molar-refractivity contribution in [2.75, 3.05) is 7.11 Å². The van der Waals surface area contributed by atoms with E-state index in [0.717, 1.165) is 15.8 Å². The van der Waals surface area contributed by atoms with E-state index in [1.165, 1.54) is 0 Å². The molecule has 4 nitrogen and oxygen atoms in total. The maximum Gasteiger partial charge on any atom is 0.146 e. The van der Waals surface area contributed by atoms with Gasteiger partial charge in [-0.1, -0.05) is 15.9 Å². The van der Waals surface area contributed by atoms with Crippen LogP contribution in [0, 0.1) is 0 Å². The summed E-state index contributed by atoms with van der Waals surface area (Å²) >= 11 is 3.40. The lowest BCUT2D eigenvalue weighted by molar-refractivity contribution is 0.413. The molecule has 5 heteroatoms. The predicted molar refractivity (Wildman–Crippen MR) is 74.3 cm³/mol. The molecule has 0 saturated heterocycles. The molecule has 0 atom stereocenters. The normalized spacial score (nSPS) is 12.5. The first-order chi connectivity index (χ1) is 7.87. The zero-order chi connectivity index (χ0) is 13.1. The van der Waals surface area contributed by atoms with Crippen molar-refractivity contribution >= 4 is 21.8 Å². The van der Waals surface area contributed by atoms with Crippen LogP contribution < -0.4 is 16.0 Å². The van der Waals surface area contributed by atoms with Crippen LogP contribution >= 0.6 is 15.9 Å². The zero-order valence-electron chi connectivity index (χ0n) is 10.5. The van der Waals surface area contributed by atoms with Gasteiger partial charge in [-0.2, -0.15) is 0 Å². The maximum absolute atomic E-state index is 5.53. The number of methoxy groups -OCH3 is 1. The molecule has 0 amide bonds. The summed E-state index contributed by atoms with van der Waals surface area (Å²) < 4.78 is 6.27. The van der Waals surface area contributed by atoms with E-state index in [0.29, 0.717) is 5.84 Å². The number of hydrogen-bond donors (Lipinski definition) is 2. The molecule has 0 aliphatic heterocycles. The van der Waals surface area contributed by atoms with Gasteiger partial charge in [-0.15, -0.1) is 0 Å². The van der Waals surface area contributed by atoms with E-state index in [2.05, 4.69) is 26.3 Å². The molecular formula is C12H18BrN3O. The topological polar surface area (TPSA) is 59.6 Å². The second kappa shape index (κ2) is 5.51. The van der Waals surface area contributed by atoms with Gasteiger partial charge in [-0.05, 0) is 39.0 Å². The Hall–Kier alpha value is -1.07. The molecule has 0 fully saturated rings. The van der Waals surface area contributed by atoms with Gasteiger partial charge >= 0.3 is 0 Å². The molecule has 0 aliphatic rings. The molecule has 0 aliphatic carbocycles. The Balaban J connectivity index is 3.26. The largest absolute Gasteiger partial charge is 0.496 e. The smallest absolute Gasteiger partial charge is 0.146 e. The molecule has 3 N–H and O–H groups in total. The molecular weight excluding hydrogens is 282 g/mol. The molecule has 0 spiro atoms. The number of nitrogens with zero attached hydrogens (tertiary/aromatic N) is 1. The Kier molecular flexibility index (Phi) is 4.54. The van der Waals surface area contributed by atoms with Crippen LogP contribution in [0.1, 0.15) is 26.3 Å². The molecule has 0 saturated carbocycles. The second-order valence-corrected chi connectivity index (χ2v) is 5.54. The van der Waals surface area contributed by atoms with Gasteiger partial charge in [0.15, 0.2) is 0 Å². The number of amidine groups is 1. The van der Waals surface area contributed by atoms with E-state index in [1.54, 1.807) is 7.11 Å². The molecule has 0 bridgehead atoms. The Morgan fingerprint density at radius 3 is 2.53 bits per heavy atom. The van der Waals surface area contributed by atoms with Crippen molar-refractivity contribution in [3.05, 3.63) is 28.2 Å². The molecule has 1 aromatic carbocycles. The number of benzene rings is 1. The van der Waals surface area contributed by atoms with Crippen molar-refractivity contribution in [2.45, 2.75) is 26.3 Å². The number of hydrazine groups is 1. The summed E-state index contributed by atoms with van der Waals surface area (Å²) in [5.41, 5.74) is 3.26. The van der Waals surface area contributed by atoms with Crippen LogP contribution in [-0.2, 0) is 0 Å². The first-order valence-electron chi connectivity index (χ1n) is 5.28. The van der Waals surface area contributed by atoms with Gasteiger partial charge in [0, 0.05) is 4.47 Å². The summed E-state index contributed by atoms with van der Waals surface area (Å²) in [5.74, 6) is 6.86. The minimum atomic E-state index is -0.209. The second-order valence-electron chi connectivity index (χ2n) is 4.62. The SMILES string of the molecule is COc1cc(Br)ccc1C(=NC(C)(C)C)NN. The Morgan fingerprint density at radius 1 is 1.41 bits per heavy atom. The quantitative estimate of drug-likeness (QED) is 0.382. The summed E-state index contributed by atoms with van der Waals surface area (Å²) in [6, 6.07) is 5.71. The number of nitrogens with two attached hydrogens (primary N) is 1. The Labute approximate surface area is 110 Å². The van der Waals surface area contributed by atoms with E-state index in [4.69, 9.17) is 10.6 Å². The number of nitrogens with one attached hydrogen (secondary N) is 1. The first kappa shape index (κ1) is 14.0. The van der Waals surface area contributed by atoms with Crippen LogP contribution in [0.4, 0.5) is 0 Å². The zero-order valence-corrected chi connectivity index (χ0v) is 12.1. The van der Waals surface area contributed by atoms with Crippen molar-refractivity contribution in [1.29, 1.82) is 0 Å². The van der Waals surface area contributed by atoms with E-state index in [9.17, 15) is 0 Å². The van der Waals surface area contributed by atoms with Gasteiger partial charge in [0.05, 0.1) is 18.2 Å². The lowest BCUT2D eigenvalue weighted by Gasteiger charge is -2.17. The number of hydrogen-bond acceptors (Lipinski definition) is 3. The summed E-state index contributed by atoms with van der Waals surface area (Å²) in [6.07, 6.45) is 0. The molecule has 0 aromatic heterocycles. The van der Waals surface area contributed by atoms with Gasteiger partial charge in [0.1, 0.15) is 11.6 Å². The fraction of sp³-hybridized carbons (Fsp3) is 0.417. The number of ether oxygens (including phenoxy) is 1. The summed E-state index contributed by atoms with van der Waals surface area (Å²) in [7, 11) is 1.62. The van der Waals surface area contributed by atoms with Crippen LogP contribution in [-0.4, -0.2) is 18.5 Å². The van der Waals surface area contributed by atoms with E-state index in [1.807, 2.05) is 39.0 Å². The van der Waals surface area contributed by atoms with Crippen molar-refractivity contribution in [3.8, 4) is 5.75 Å². The third-order valence-corrected chi connectivity index (χ3v) is 2.50. The maximum atomic E-state index is 5.53. The highest BCUT2D eigenvalue weighted by Gasteiger charge is 2.14. The lowest BCUT2D eigenvalue weighted by Crippen LogP contribution is -2.34. The van der Waals surface area contributed by atoms with Crippen LogP contribution in [0.5, 0.6) is 5.75 Å². The van der Waals surface area contributed by atoms with Crippen LogP contribution in [0.25, 0.3) is 0 Å². The van der Waals surface area contributed by atoms with Gasteiger partial charge in [0.25, 0.3) is 0 Å². The molecule has 0 radical (unpaired) electrons. The van der Waals surface area contributed by atoms with Crippen LogP contribution in [0.15, 0.2) is 27.7 Å². The van der Waals surface area contributed by atoms with E-state index < -0.39 is 0 Å². The average Bonchev–Trinajstić information content (AvgIpc) is 2.24. The van der Waals surface area contributed by atoms with Crippen LogP contribution in [0.2, 0.25) is 0 Å². The average molecular weight is 300 g/mol. The van der Waals surface area contributed by atoms with Crippen molar-refractivity contribution in [3.63, 3.8) is 0 Å². The number of halogens is 1. The third-order valence-electron chi connectivity index (χ3n) is 2.00. The number of aliphatic imine (C=N–C) groups is 1. The molecule has 0 unspecified atom stereocenters. The molecule has 94 valence electrons. The number of rotatable bonds is 2. The highest BCUT2D eigenvalue weighted by molar-refractivity contribution is 9.10. The fourth-order valence-corrected chi connectivity index (χ4v) is 1.71. The predicted octanol–water partition coefficient (Wildman–Crippen LogP) is 2.47. The standard InChI is InChI=1S/C12H18BrN3O/c1-12(2,3)15-11(16-14)9-6-5-8(13)7-10(9)17-4/h5-7H,14H2,1-4H3,(H,15,16). The molecule has 17 heavy (non-hydrogen) atoms. The highest BCUT2D eigenvalue weighted by Crippen LogP contribution is 2.24. The molecule has 1 aromatic rings. The van der Waals surface area contributed by atoms with Crippen molar-refractivity contribution in [2.24, 2.45) is 10.8 Å². The van der Waals surface area contributed by atoms with Gasteiger partial charge in [-0.25, -0.2) is 5.84 Å².